The number of fused-ring (bicyclic) bond motifs is 1. The van der Waals surface area contributed by atoms with Crippen LogP contribution in [-0.4, -0.2) is 21.2 Å². The summed E-state index contributed by atoms with van der Waals surface area (Å²) in [6, 6.07) is 0. The largest absolute Gasteiger partial charge is 0.345 e. The van der Waals surface area contributed by atoms with Gasteiger partial charge in [-0.05, 0) is 6.92 Å². The number of hydrogen-bond acceptors (Lipinski definition) is 3. The molecule has 60 valence electrons. The van der Waals surface area contributed by atoms with Gasteiger partial charge < -0.3 is 4.98 Å². The Hall–Kier alpha value is -1.71. The van der Waals surface area contributed by atoms with E-state index in [4.69, 9.17) is 0 Å². The van der Waals surface area contributed by atoms with Crippen LogP contribution in [0.4, 0.5) is 0 Å². The molecule has 0 saturated heterocycles. The first-order valence-corrected chi connectivity index (χ1v) is 3.57. The first-order valence-electron chi connectivity index (χ1n) is 3.57. The molecule has 0 spiro atoms. The van der Waals surface area contributed by atoms with Gasteiger partial charge >= 0.3 is 0 Å². The fraction of sp³-hybridized carbons (Fsp3) is 0.125. The maximum absolute atomic E-state index is 10.5. The molecule has 0 bridgehead atoms. The van der Waals surface area contributed by atoms with Gasteiger partial charge in [0, 0.05) is 23.3 Å². The summed E-state index contributed by atoms with van der Waals surface area (Å²) in [5, 5.41) is 0.774. The van der Waals surface area contributed by atoms with Crippen molar-refractivity contribution >= 4 is 17.3 Å². The number of carbonyl (C=O) groups is 1. The number of nitrogens with one attached hydrogen (secondary N) is 1. The zero-order valence-corrected chi connectivity index (χ0v) is 6.53. The minimum Gasteiger partial charge on any atom is -0.345 e. The van der Waals surface area contributed by atoms with E-state index in [1.54, 1.807) is 19.3 Å². The second-order valence-electron chi connectivity index (χ2n) is 2.54. The van der Waals surface area contributed by atoms with Gasteiger partial charge in [0.15, 0.2) is 6.29 Å². The molecule has 2 aromatic heterocycles. The molecule has 0 unspecified atom stereocenters. The molecular weight excluding hydrogens is 154 g/mol. The summed E-state index contributed by atoms with van der Waals surface area (Å²) in [7, 11) is 0. The van der Waals surface area contributed by atoms with Crippen molar-refractivity contribution < 1.29 is 4.79 Å². The Labute approximate surface area is 68.7 Å². The van der Waals surface area contributed by atoms with Gasteiger partial charge in [0.2, 0.25) is 0 Å². The molecule has 0 aliphatic rings. The summed E-state index contributed by atoms with van der Waals surface area (Å²) in [6.07, 6.45) is 4.07. The van der Waals surface area contributed by atoms with Crippen molar-refractivity contribution in [1.82, 2.24) is 15.0 Å². The highest BCUT2D eigenvalue weighted by molar-refractivity contribution is 5.95. The molecular formula is C8H7N3O. The van der Waals surface area contributed by atoms with Crippen LogP contribution in [0.3, 0.4) is 0 Å². The van der Waals surface area contributed by atoms with Gasteiger partial charge in [0.1, 0.15) is 11.5 Å². The number of hydrogen-bond donors (Lipinski definition) is 1. The third-order valence-corrected chi connectivity index (χ3v) is 1.71. The second-order valence-corrected chi connectivity index (χ2v) is 2.54. The van der Waals surface area contributed by atoms with Crippen molar-refractivity contribution in [1.29, 1.82) is 0 Å². The highest BCUT2D eigenvalue weighted by Gasteiger charge is 2.03. The fourth-order valence-electron chi connectivity index (χ4n) is 1.11. The van der Waals surface area contributed by atoms with Crippen LogP contribution in [0.2, 0.25) is 0 Å². The number of aromatic nitrogens is 3. The highest BCUT2D eigenvalue weighted by atomic mass is 16.1. The smallest absolute Gasteiger partial charge is 0.152 e. The lowest BCUT2D eigenvalue weighted by Gasteiger charge is -1.90. The van der Waals surface area contributed by atoms with E-state index in [-0.39, 0.29) is 0 Å². The Kier molecular flexibility index (Phi) is 1.40. The molecule has 12 heavy (non-hydrogen) atoms. The quantitative estimate of drug-likeness (QED) is 0.636. The zero-order valence-electron chi connectivity index (χ0n) is 6.53. The lowest BCUT2D eigenvalue weighted by molar-refractivity contribution is 0.112. The van der Waals surface area contributed by atoms with Crippen molar-refractivity contribution in [2.75, 3.05) is 0 Å². The van der Waals surface area contributed by atoms with Gasteiger partial charge in [-0.2, -0.15) is 0 Å². The Morgan fingerprint density at radius 1 is 1.58 bits per heavy atom. The number of rotatable bonds is 1. The van der Waals surface area contributed by atoms with Gasteiger partial charge in [-0.15, -0.1) is 0 Å². The predicted octanol–water partition coefficient (Wildman–Crippen LogP) is 1.08. The van der Waals surface area contributed by atoms with E-state index in [9.17, 15) is 4.79 Å². The van der Waals surface area contributed by atoms with E-state index in [0.29, 0.717) is 17.0 Å². The lowest BCUT2D eigenvalue weighted by atomic mass is 10.3. The molecule has 2 rings (SSSR count). The molecule has 0 radical (unpaired) electrons. The number of aldehydes is 1. The molecule has 0 atom stereocenters. The molecule has 0 fully saturated rings. The first kappa shape index (κ1) is 6.97. The SMILES string of the molecule is Cc1ncc2c(C=O)c[nH]c2n1. The molecule has 0 saturated carbocycles. The molecule has 1 N–H and O–H groups in total. The van der Waals surface area contributed by atoms with Crippen molar-refractivity contribution in [3.8, 4) is 0 Å². The van der Waals surface area contributed by atoms with E-state index < -0.39 is 0 Å². The molecule has 0 amide bonds. The molecule has 0 aliphatic carbocycles. The average molecular weight is 161 g/mol. The van der Waals surface area contributed by atoms with Gasteiger partial charge in [-0.3, -0.25) is 4.79 Å². The normalized spacial score (nSPS) is 10.4. The summed E-state index contributed by atoms with van der Waals surface area (Å²) in [5.74, 6) is 0.696. The Morgan fingerprint density at radius 3 is 3.17 bits per heavy atom. The van der Waals surface area contributed by atoms with E-state index in [0.717, 1.165) is 11.7 Å². The average Bonchev–Trinajstić information content (AvgIpc) is 2.46. The Balaban J connectivity index is 2.81. The minimum atomic E-state index is 0.602. The predicted molar refractivity (Wildman–Crippen MR) is 44.0 cm³/mol. The van der Waals surface area contributed by atoms with Crippen molar-refractivity contribution in [3.63, 3.8) is 0 Å². The maximum atomic E-state index is 10.5. The van der Waals surface area contributed by atoms with E-state index in [1.165, 1.54) is 0 Å². The van der Waals surface area contributed by atoms with Crippen molar-refractivity contribution in [3.05, 3.63) is 23.8 Å². The van der Waals surface area contributed by atoms with Crippen LogP contribution in [0.5, 0.6) is 0 Å². The Morgan fingerprint density at radius 2 is 2.42 bits per heavy atom. The van der Waals surface area contributed by atoms with Crippen LogP contribution in [0.1, 0.15) is 16.2 Å². The van der Waals surface area contributed by atoms with Crippen LogP contribution in [-0.2, 0) is 0 Å². The molecule has 2 aromatic rings. The van der Waals surface area contributed by atoms with Crippen LogP contribution < -0.4 is 0 Å². The summed E-state index contributed by atoms with van der Waals surface area (Å²) in [5.41, 5.74) is 1.31. The second kappa shape index (κ2) is 2.41. The highest BCUT2D eigenvalue weighted by Crippen LogP contribution is 2.12. The van der Waals surface area contributed by atoms with Gasteiger partial charge in [0.05, 0.1) is 0 Å². The van der Waals surface area contributed by atoms with Gasteiger partial charge in [-0.25, -0.2) is 9.97 Å². The third-order valence-electron chi connectivity index (χ3n) is 1.71. The molecule has 0 aliphatic heterocycles. The topological polar surface area (TPSA) is 58.6 Å². The Bertz CT molecular complexity index is 433. The number of aryl methyl sites for hydroxylation is 1. The van der Waals surface area contributed by atoms with Gasteiger partial charge in [-0.1, -0.05) is 0 Å². The van der Waals surface area contributed by atoms with E-state index >= 15 is 0 Å². The molecule has 4 heteroatoms. The molecule has 4 nitrogen and oxygen atoms in total. The van der Waals surface area contributed by atoms with Crippen molar-refractivity contribution in [2.45, 2.75) is 6.92 Å². The fourth-order valence-corrected chi connectivity index (χ4v) is 1.11. The number of nitrogens with zero attached hydrogens (tertiary/aromatic N) is 2. The van der Waals surface area contributed by atoms with Crippen LogP contribution in [0.25, 0.3) is 11.0 Å². The number of carbonyl (C=O) groups excluding carboxylic acids is 1. The standard InChI is InChI=1S/C8H7N3O/c1-5-9-3-7-6(4-12)2-10-8(7)11-5/h2-4H,1H3,(H,9,10,11). The number of H-pyrrole nitrogens is 1. The summed E-state index contributed by atoms with van der Waals surface area (Å²) >= 11 is 0. The molecule has 2 heterocycles. The monoisotopic (exact) mass is 161 g/mol. The summed E-state index contributed by atoms with van der Waals surface area (Å²) in [6.45, 7) is 1.81. The lowest BCUT2D eigenvalue weighted by Crippen LogP contribution is -1.86. The first-order chi connectivity index (χ1) is 5.81. The van der Waals surface area contributed by atoms with Crippen molar-refractivity contribution in [2.24, 2.45) is 0 Å². The minimum absolute atomic E-state index is 0.602. The summed E-state index contributed by atoms with van der Waals surface area (Å²) < 4.78 is 0. The maximum Gasteiger partial charge on any atom is 0.152 e. The number of aromatic amines is 1. The van der Waals surface area contributed by atoms with Crippen LogP contribution in [0, 0.1) is 6.92 Å². The van der Waals surface area contributed by atoms with Crippen LogP contribution >= 0.6 is 0 Å². The van der Waals surface area contributed by atoms with E-state index in [2.05, 4.69) is 15.0 Å². The van der Waals surface area contributed by atoms with Gasteiger partial charge in [0.25, 0.3) is 0 Å². The van der Waals surface area contributed by atoms with E-state index in [1.807, 2.05) is 0 Å². The van der Waals surface area contributed by atoms with Crippen LogP contribution in [0.15, 0.2) is 12.4 Å². The zero-order chi connectivity index (χ0) is 8.55. The summed E-state index contributed by atoms with van der Waals surface area (Å²) in [4.78, 5) is 21.5. The third kappa shape index (κ3) is 0.887. The molecule has 0 aromatic carbocycles.